The van der Waals surface area contributed by atoms with Crippen molar-refractivity contribution in [2.75, 3.05) is 5.32 Å². The SMILES string of the molecule is Oc1c(C(Nc2cc(Cl)cc(Cl)c2)c2cccs2)ccc2cccnc12. The maximum Gasteiger partial charge on any atom is 0.147 e. The Kier molecular flexibility index (Phi) is 4.72. The Hall–Kier alpha value is -2.27. The third kappa shape index (κ3) is 3.36. The summed E-state index contributed by atoms with van der Waals surface area (Å²) in [6, 6.07) is 16.7. The molecular formula is C20H14Cl2N2OS. The van der Waals surface area contributed by atoms with E-state index in [0.29, 0.717) is 15.6 Å². The predicted molar refractivity (Wildman–Crippen MR) is 110 cm³/mol. The van der Waals surface area contributed by atoms with Crippen LogP contribution >= 0.6 is 34.5 Å². The zero-order chi connectivity index (χ0) is 18.1. The number of anilines is 1. The number of nitrogens with zero attached hydrogens (tertiary/aromatic N) is 1. The molecule has 0 saturated carbocycles. The van der Waals surface area contributed by atoms with Crippen LogP contribution in [0.1, 0.15) is 16.5 Å². The summed E-state index contributed by atoms with van der Waals surface area (Å²) in [6.45, 7) is 0. The summed E-state index contributed by atoms with van der Waals surface area (Å²) >= 11 is 13.9. The molecule has 0 aliphatic rings. The smallest absolute Gasteiger partial charge is 0.147 e. The molecule has 0 spiro atoms. The van der Waals surface area contributed by atoms with E-state index >= 15 is 0 Å². The van der Waals surface area contributed by atoms with Crippen LogP contribution in [0.3, 0.4) is 0 Å². The maximum atomic E-state index is 10.9. The molecule has 0 aliphatic carbocycles. The molecule has 2 aromatic heterocycles. The highest BCUT2D eigenvalue weighted by molar-refractivity contribution is 7.10. The van der Waals surface area contributed by atoms with Gasteiger partial charge in [0.1, 0.15) is 11.3 Å². The van der Waals surface area contributed by atoms with Gasteiger partial charge in [-0.3, -0.25) is 4.98 Å². The van der Waals surface area contributed by atoms with E-state index in [4.69, 9.17) is 23.2 Å². The number of aromatic hydroxyl groups is 1. The molecule has 4 rings (SSSR count). The first kappa shape index (κ1) is 17.2. The average molecular weight is 401 g/mol. The molecule has 0 fully saturated rings. The molecule has 0 amide bonds. The third-order valence-electron chi connectivity index (χ3n) is 4.09. The summed E-state index contributed by atoms with van der Waals surface area (Å²) in [6.07, 6.45) is 1.68. The van der Waals surface area contributed by atoms with Gasteiger partial charge in [-0.15, -0.1) is 11.3 Å². The Morgan fingerprint density at radius 3 is 2.54 bits per heavy atom. The number of nitrogens with one attached hydrogen (secondary N) is 1. The molecule has 2 N–H and O–H groups in total. The van der Waals surface area contributed by atoms with Gasteiger partial charge in [0, 0.05) is 37.8 Å². The Morgan fingerprint density at radius 1 is 1.00 bits per heavy atom. The van der Waals surface area contributed by atoms with Gasteiger partial charge in [-0.25, -0.2) is 0 Å². The molecule has 0 aliphatic heterocycles. The molecule has 0 saturated heterocycles. The number of benzene rings is 2. The average Bonchev–Trinajstić information content (AvgIpc) is 3.14. The van der Waals surface area contributed by atoms with E-state index in [2.05, 4.69) is 10.3 Å². The van der Waals surface area contributed by atoms with E-state index in [1.54, 1.807) is 23.6 Å². The van der Waals surface area contributed by atoms with Gasteiger partial charge in [0.15, 0.2) is 0 Å². The molecule has 4 aromatic rings. The van der Waals surface area contributed by atoms with Crippen molar-refractivity contribution in [1.29, 1.82) is 0 Å². The van der Waals surface area contributed by atoms with Crippen LogP contribution in [0.4, 0.5) is 5.69 Å². The summed E-state index contributed by atoms with van der Waals surface area (Å²) in [5, 5.41) is 18.3. The number of phenolic OH excluding ortho intramolecular Hbond substituents is 1. The van der Waals surface area contributed by atoms with E-state index in [0.717, 1.165) is 21.5 Å². The van der Waals surface area contributed by atoms with Gasteiger partial charge < -0.3 is 10.4 Å². The molecule has 3 nitrogen and oxygen atoms in total. The number of pyridine rings is 1. The van der Waals surface area contributed by atoms with Crippen molar-refractivity contribution >= 4 is 51.1 Å². The topological polar surface area (TPSA) is 45.1 Å². The zero-order valence-corrected chi connectivity index (χ0v) is 15.8. The lowest BCUT2D eigenvalue weighted by molar-refractivity contribution is 0.472. The number of hydrogen-bond acceptors (Lipinski definition) is 4. The summed E-state index contributed by atoms with van der Waals surface area (Å²) in [5.41, 5.74) is 2.11. The van der Waals surface area contributed by atoms with Crippen LogP contribution < -0.4 is 5.32 Å². The first-order valence-corrected chi connectivity index (χ1v) is 9.58. The lowest BCUT2D eigenvalue weighted by Gasteiger charge is -2.21. The highest BCUT2D eigenvalue weighted by atomic mass is 35.5. The normalized spacial score (nSPS) is 12.2. The number of halogens is 2. The quantitative estimate of drug-likeness (QED) is 0.410. The van der Waals surface area contributed by atoms with Crippen molar-refractivity contribution in [3.63, 3.8) is 0 Å². The number of fused-ring (bicyclic) bond motifs is 1. The van der Waals surface area contributed by atoms with Crippen LogP contribution in [0.15, 0.2) is 66.2 Å². The van der Waals surface area contributed by atoms with Gasteiger partial charge in [0.25, 0.3) is 0 Å². The first-order valence-electron chi connectivity index (χ1n) is 7.94. The van der Waals surface area contributed by atoms with Gasteiger partial charge in [-0.05, 0) is 35.7 Å². The largest absolute Gasteiger partial charge is 0.505 e. The minimum Gasteiger partial charge on any atom is -0.505 e. The minimum absolute atomic E-state index is 0.169. The summed E-state index contributed by atoms with van der Waals surface area (Å²) < 4.78 is 0. The maximum absolute atomic E-state index is 10.9. The predicted octanol–water partition coefficient (Wildman–Crippen LogP) is 6.51. The fourth-order valence-corrected chi connectivity index (χ4v) is 4.26. The molecule has 1 unspecified atom stereocenters. The van der Waals surface area contributed by atoms with Crippen molar-refractivity contribution < 1.29 is 5.11 Å². The fourth-order valence-electron chi connectivity index (χ4n) is 2.94. The van der Waals surface area contributed by atoms with Gasteiger partial charge in [0.05, 0.1) is 6.04 Å². The number of phenols is 1. The lowest BCUT2D eigenvalue weighted by Crippen LogP contribution is -2.11. The van der Waals surface area contributed by atoms with Gasteiger partial charge in [-0.1, -0.05) is 47.5 Å². The molecule has 2 heterocycles. The van der Waals surface area contributed by atoms with Crippen LogP contribution in [-0.2, 0) is 0 Å². The number of aromatic nitrogens is 1. The second-order valence-corrected chi connectivity index (χ2v) is 7.68. The monoisotopic (exact) mass is 400 g/mol. The molecule has 26 heavy (non-hydrogen) atoms. The molecule has 130 valence electrons. The second-order valence-electron chi connectivity index (χ2n) is 5.83. The summed E-state index contributed by atoms with van der Waals surface area (Å²) in [7, 11) is 0. The molecular weight excluding hydrogens is 387 g/mol. The third-order valence-corrected chi connectivity index (χ3v) is 5.46. The highest BCUT2D eigenvalue weighted by Gasteiger charge is 2.21. The van der Waals surface area contributed by atoms with Crippen molar-refractivity contribution in [3.05, 3.63) is 86.7 Å². The van der Waals surface area contributed by atoms with Crippen molar-refractivity contribution in [2.45, 2.75) is 6.04 Å². The minimum atomic E-state index is -0.254. The molecule has 2 aromatic carbocycles. The zero-order valence-electron chi connectivity index (χ0n) is 13.5. The van der Waals surface area contributed by atoms with Crippen LogP contribution in [0, 0.1) is 0 Å². The number of rotatable bonds is 4. The van der Waals surface area contributed by atoms with Crippen LogP contribution in [0.2, 0.25) is 10.0 Å². The van der Waals surface area contributed by atoms with E-state index < -0.39 is 0 Å². The van der Waals surface area contributed by atoms with E-state index in [1.807, 2.05) is 53.9 Å². The molecule has 0 bridgehead atoms. The van der Waals surface area contributed by atoms with Crippen LogP contribution in [-0.4, -0.2) is 10.1 Å². The molecule has 0 radical (unpaired) electrons. The number of thiophene rings is 1. The number of hydrogen-bond donors (Lipinski definition) is 2. The van der Waals surface area contributed by atoms with Gasteiger partial charge >= 0.3 is 0 Å². The second kappa shape index (κ2) is 7.16. The van der Waals surface area contributed by atoms with Gasteiger partial charge in [-0.2, -0.15) is 0 Å². The van der Waals surface area contributed by atoms with Crippen molar-refractivity contribution in [3.8, 4) is 5.75 Å². The summed E-state index contributed by atoms with van der Waals surface area (Å²) in [5.74, 6) is 0.169. The Labute approximate surface area is 164 Å². The van der Waals surface area contributed by atoms with Crippen LogP contribution in [0.25, 0.3) is 10.9 Å². The van der Waals surface area contributed by atoms with Crippen molar-refractivity contribution in [2.24, 2.45) is 0 Å². The lowest BCUT2D eigenvalue weighted by atomic mass is 10.0. The molecule has 6 heteroatoms. The summed E-state index contributed by atoms with van der Waals surface area (Å²) in [4.78, 5) is 5.39. The van der Waals surface area contributed by atoms with E-state index in [1.165, 1.54) is 0 Å². The Balaban J connectivity index is 1.83. The fraction of sp³-hybridized carbons (Fsp3) is 0.0500. The van der Waals surface area contributed by atoms with E-state index in [-0.39, 0.29) is 11.8 Å². The Morgan fingerprint density at radius 2 is 1.81 bits per heavy atom. The Bertz CT molecular complexity index is 1050. The van der Waals surface area contributed by atoms with Crippen LogP contribution in [0.5, 0.6) is 5.75 Å². The van der Waals surface area contributed by atoms with Crippen molar-refractivity contribution in [1.82, 2.24) is 4.98 Å². The first-order chi connectivity index (χ1) is 12.6. The standard InChI is InChI=1S/C20H14Cl2N2OS/c21-13-9-14(22)11-15(10-13)24-19(17-4-2-8-26-17)16-6-5-12-3-1-7-23-18(12)20(16)25/h1-11,19,24-25H. The van der Waals surface area contributed by atoms with Gasteiger partial charge in [0.2, 0.25) is 0 Å². The molecule has 1 atom stereocenters. The van der Waals surface area contributed by atoms with E-state index in [9.17, 15) is 5.11 Å². The highest BCUT2D eigenvalue weighted by Crippen LogP contribution is 2.38.